The Morgan fingerprint density at radius 3 is 2.44 bits per heavy atom. The van der Waals surface area contributed by atoms with Gasteiger partial charge >= 0.3 is 11.9 Å². The molecule has 1 aromatic carbocycles. The molecule has 0 atom stereocenters. The maximum atomic E-state index is 12.3. The Morgan fingerprint density at radius 1 is 1.19 bits per heavy atom. The number of aromatic nitrogens is 1. The molecule has 1 aliphatic rings. The number of hydrogen-bond donors (Lipinski definition) is 1. The molecule has 2 N–H and O–H groups in total. The summed E-state index contributed by atoms with van der Waals surface area (Å²) < 4.78 is 10.1. The lowest BCUT2D eigenvalue weighted by Gasteiger charge is -2.30. The number of primary amides is 1. The second kappa shape index (κ2) is 8.17. The Kier molecular flexibility index (Phi) is 5.70. The van der Waals surface area contributed by atoms with Crippen LogP contribution in [-0.2, 0) is 9.53 Å². The zero-order valence-corrected chi connectivity index (χ0v) is 15.5. The average Bonchev–Trinajstić information content (AvgIpc) is 3.18. The van der Waals surface area contributed by atoms with Crippen LogP contribution in [0, 0.1) is 5.92 Å². The zero-order chi connectivity index (χ0) is 19.4. The molecular formula is C18H19N3O5S. The van der Waals surface area contributed by atoms with Crippen LogP contribution in [-0.4, -0.2) is 43.0 Å². The van der Waals surface area contributed by atoms with E-state index < -0.39 is 11.9 Å². The molecule has 8 nitrogen and oxygen atoms in total. The molecule has 1 saturated heterocycles. The first-order valence-corrected chi connectivity index (χ1v) is 9.20. The number of hydrogen-bond acceptors (Lipinski definition) is 8. The van der Waals surface area contributed by atoms with Crippen molar-refractivity contribution in [3.8, 4) is 5.75 Å². The van der Waals surface area contributed by atoms with Gasteiger partial charge in [-0.15, -0.1) is 0 Å². The van der Waals surface area contributed by atoms with Gasteiger partial charge in [0.15, 0.2) is 5.13 Å². The van der Waals surface area contributed by atoms with Crippen LogP contribution in [0.15, 0.2) is 30.5 Å². The Morgan fingerprint density at radius 2 is 1.85 bits per heavy atom. The molecule has 1 fully saturated rings. The molecular weight excluding hydrogens is 370 g/mol. The lowest BCUT2D eigenvalue weighted by atomic mass is 9.97. The van der Waals surface area contributed by atoms with Gasteiger partial charge in [0.2, 0.25) is 5.91 Å². The molecule has 0 bridgehead atoms. The highest BCUT2D eigenvalue weighted by Gasteiger charge is 2.27. The second-order valence-corrected chi connectivity index (χ2v) is 7.08. The van der Waals surface area contributed by atoms with Crippen molar-refractivity contribution in [1.82, 2.24) is 4.98 Å². The number of amides is 1. The number of rotatable bonds is 5. The average molecular weight is 389 g/mol. The SMILES string of the molecule is COC(=O)C1CCN(c2ncc(C(=O)Oc3ccc(C(N)=O)cc3)s2)CC1. The quantitative estimate of drug-likeness (QED) is 0.613. The lowest BCUT2D eigenvalue weighted by molar-refractivity contribution is -0.146. The van der Waals surface area contributed by atoms with Crippen molar-refractivity contribution in [2.45, 2.75) is 12.8 Å². The van der Waals surface area contributed by atoms with E-state index in [1.54, 1.807) is 0 Å². The number of esters is 2. The number of nitrogens with two attached hydrogens (primary N) is 1. The van der Waals surface area contributed by atoms with Gasteiger partial charge in [-0.3, -0.25) is 9.59 Å². The Labute approximate surface area is 159 Å². The summed E-state index contributed by atoms with van der Waals surface area (Å²) in [6.07, 6.45) is 2.86. The number of carbonyl (C=O) groups is 3. The number of nitrogens with zero attached hydrogens (tertiary/aromatic N) is 2. The molecule has 142 valence electrons. The van der Waals surface area contributed by atoms with E-state index in [0.29, 0.717) is 47.3 Å². The predicted octanol–water partition coefficient (Wildman–Crippen LogP) is 1.85. The summed E-state index contributed by atoms with van der Waals surface area (Å²) in [6.45, 7) is 1.35. The van der Waals surface area contributed by atoms with Gasteiger partial charge in [0, 0.05) is 18.7 Å². The largest absolute Gasteiger partial charge is 0.469 e. The van der Waals surface area contributed by atoms with E-state index in [9.17, 15) is 14.4 Å². The molecule has 0 saturated carbocycles. The molecule has 3 rings (SSSR count). The molecule has 27 heavy (non-hydrogen) atoms. The number of carbonyl (C=O) groups excluding carboxylic acids is 3. The first kappa shape index (κ1) is 18.8. The van der Waals surface area contributed by atoms with Crippen molar-refractivity contribution in [3.05, 3.63) is 40.9 Å². The third kappa shape index (κ3) is 4.43. The van der Waals surface area contributed by atoms with E-state index in [4.69, 9.17) is 15.2 Å². The molecule has 1 amide bonds. The number of anilines is 1. The number of ether oxygens (including phenoxy) is 2. The van der Waals surface area contributed by atoms with Crippen LogP contribution in [0.1, 0.15) is 32.9 Å². The van der Waals surface area contributed by atoms with Crippen molar-refractivity contribution < 1.29 is 23.9 Å². The molecule has 9 heteroatoms. The number of piperidine rings is 1. The predicted molar refractivity (Wildman–Crippen MR) is 99.0 cm³/mol. The summed E-state index contributed by atoms with van der Waals surface area (Å²) in [4.78, 5) is 41.7. The highest BCUT2D eigenvalue weighted by atomic mass is 32.1. The lowest BCUT2D eigenvalue weighted by Crippen LogP contribution is -2.36. The number of methoxy groups -OCH3 is 1. The Bertz CT molecular complexity index is 841. The smallest absolute Gasteiger partial charge is 0.355 e. The number of benzene rings is 1. The van der Waals surface area contributed by atoms with Crippen LogP contribution in [0.3, 0.4) is 0 Å². The van der Waals surface area contributed by atoms with Crippen molar-refractivity contribution in [2.24, 2.45) is 11.7 Å². The highest BCUT2D eigenvalue weighted by molar-refractivity contribution is 7.17. The fourth-order valence-electron chi connectivity index (χ4n) is 2.82. The molecule has 0 aliphatic carbocycles. The van der Waals surface area contributed by atoms with Gasteiger partial charge in [-0.1, -0.05) is 11.3 Å². The molecule has 2 heterocycles. The first-order chi connectivity index (χ1) is 13.0. The zero-order valence-electron chi connectivity index (χ0n) is 14.7. The van der Waals surface area contributed by atoms with E-state index in [2.05, 4.69) is 4.98 Å². The van der Waals surface area contributed by atoms with Crippen LogP contribution in [0.2, 0.25) is 0 Å². The fourth-order valence-corrected chi connectivity index (χ4v) is 3.67. The third-order valence-electron chi connectivity index (χ3n) is 4.34. The fraction of sp³-hybridized carbons (Fsp3) is 0.333. The van der Waals surface area contributed by atoms with Gasteiger partial charge < -0.3 is 20.1 Å². The second-order valence-electron chi connectivity index (χ2n) is 6.07. The van der Waals surface area contributed by atoms with Crippen molar-refractivity contribution in [1.29, 1.82) is 0 Å². The van der Waals surface area contributed by atoms with Crippen LogP contribution in [0.25, 0.3) is 0 Å². The van der Waals surface area contributed by atoms with Crippen LogP contribution < -0.4 is 15.4 Å². The summed E-state index contributed by atoms with van der Waals surface area (Å²) in [6, 6.07) is 6.01. The molecule has 0 spiro atoms. The maximum Gasteiger partial charge on any atom is 0.355 e. The molecule has 2 aromatic rings. The normalized spacial score (nSPS) is 14.6. The maximum absolute atomic E-state index is 12.3. The van der Waals surface area contributed by atoms with Gasteiger partial charge in [-0.2, -0.15) is 0 Å². The van der Waals surface area contributed by atoms with Crippen LogP contribution >= 0.6 is 11.3 Å². The third-order valence-corrected chi connectivity index (χ3v) is 5.38. The molecule has 1 aliphatic heterocycles. The topological polar surface area (TPSA) is 112 Å². The van der Waals surface area contributed by atoms with E-state index in [0.717, 1.165) is 0 Å². The Hall–Kier alpha value is -2.94. The Balaban J connectivity index is 1.59. The van der Waals surface area contributed by atoms with Crippen LogP contribution in [0.4, 0.5) is 5.13 Å². The van der Waals surface area contributed by atoms with Crippen molar-refractivity contribution in [2.75, 3.05) is 25.1 Å². The monoisotopic (exact) mass is 389 g/mol. The van der Waals surface area contributed by atoms with E-state index in [1.807, 2.05) is 4.90 Å². The standard InChI is InChI=1S/C18H19N3O5S/c1-25-16(23)12-6-8-21(9-7-12)18-20-10-14(27-18)17(24)26-13-4-2-11(3-5-13)15(19)22/h2-5,10,12H,6-9H2,1H3,(H2,19,22). The summed E-state index contributed by atoms with van der Waals surface area (Å²) >= 11 is 1.24. The minimum absolute atomic E-state index is 0.0842. The summed E-state index contributed by atoms with van der Waals surface area (Å²) in [5, 5.41) is 0.717. The van der Waals surface area contributed by atoms with Gasteiger partial charge in [-0.25, -0.2) is 9.78 Å². The van der Waals surface area contributed by atoms with Gasteiger partial charge in [-0.05, 0) is 37.1 Å². The van der Waals surface area contributed by atoms with Gasteiger partial charge in [0.25, 0.3) is 0 Å². The highest BCUT2D eigenvalue weighted by Crippen LogP contribution is 2.28. The van der Waals surface area contributed by atoms with Crippen LogP contribution in [0.5, 0.6) is 5.75 Å². The minimum atomic E-state index is -0.545. The van der Waals surface area contributed by atoms with Gasteiger partial charge in [0.05, 0.1) is 19.2 Å². The van der Waals surface area contributed by atoms with Gasteiger partial charge in [0.1, 0.15) is 10.6 Å². The summed E-state index contributed by atoms with van der Waals surface area (Å²) in [5.41, 5.74) is 5.52. The molecule has 0 unspecified atom stereocenters. The summed E-state index contributed by atoms with van der Waals surface area (Å²) in [7, 11) is 1.40. The number of thiazole rings is 1. The minimum Gasteiger partial charge on any atom is -0.469 e. The molecule has 0 radical (unpaired) electrons. The molecule has 1 aromatic heterocycles. The van der Waals surface area contributed by atoms with E-state index in [1.165, 1.54) is 48.9 Å². The first-order valence-electron chi connectivity index (χ1n) is 8.38. The summed E-state index contributed by atoms with van der Waals surface area (Å²) in [5.74, 6) is -1.01. The van der Waals surface area contributed by atoms with E-state index in [-0.39, 0.29) is 11.9 Å². The van der Waals surface area contributed by atoms with Crippen molar-refractivity contribution >= 4 is 34.3 Å². The van der Waals surface area contributed by atoms with E-state index >= 15 is 0 Å². The van der Waals surface area contributed by atoms with Crippen molar-refractivity contribution in [3.63, 3.8) is 0 Å².